The number of carbonyl (C=O) groups excluding carboxylic acids is 3. The molecule has 0 aromatic rings. The highest BCUT2D eigenvalue weighted by atomic mass is 16.6. The molecular weight excluding hydrogens is 252 g/mol. The number of carbonyl (C=O) groups is 3. The van der Waals surface area contributed by atoms with Crippen LogP contribution in [0.4, 0.5) is 0 Å². The van der Waals surface area contributed by atoms with Gasteiger partial charge < -0.3 is 20.5 Å². The molecule has 0 unspecified atom stereocenters. The van der Waals surface area contributed by atoms with Gasteiger partial charge in [-0.05, 0) is 40.3 Å². The Bertz CT molecular complexity index is 323. The van der Waals surface area contributed by atoms with E-state index >= 15 is 0 Å². The first-order chi connectivity index (χ1) is 8.74. The predicted molar refractivity (Wildman–Crippen MR) is 68.1 cm³/mol. The summed E-state index contributed by atoms with van der Waals surface area (Å²) in [5.74, 6) is -2.37. The van der Waals surface area contributed by atoms with Gasteiger partial charge in [-0.2, -0.15) is 0 Å². The molecule has 3 N–H and O–H groups in total. The van der Waals surface area contributed by atoms with Crippen LogP contribution in [0.25, 0.3) is 0 Å². The summed E-state index contributed by atoms with van der Waals surface area (Å²) in [7, 11) is 0. The average molecular weight is 274 g/mol. The van der Waals surface area contributed by atoms with Crippen LogP contribution in [0.2, 0.25) is 0 Å². The first-order valence-electron chi connectivity index (χ1n) is 6.10. The van der Waals surface area contributed by atoms with Crippen LogP contribution < -0.4 is 11.1 Å². The van der Waals surface area contributed by atoms with Crippen molar-refractivity contribution in [1.29, 1.82) is 0 Å². The van der Waals surface area contributed by atoms with Gasteiger partial charge in [0.15, 0.2) is 0 Å². The van der Waals surface area contributed by atoms with Crippen molar-refractivity contribution in [2.75, 3.05) is 19.6 Å². The monoisotopic (exact) mass is 274 g/mol. The lowest BCUT2D eigenvalue weighted by Crippen LogP contribution is -2.30. The van der Waals surface area contributed by atoms with Crippen LogP contribution in [0.5, 0.6) is 0 Å². The first kappa shape index (κ1) is 17.5. The maximum Gasteiger partial charge on any atom is 0.327 e. The van der Waals surface area contributed by atoms with Crippen LogP contribution in [0, 0.1) is 0 Å². The molecule has 0 saturated carbocycles. The minimum absolute atomic E-state index is 0.0972. The van der Waals surface area contributed by atoms with Crippen molar-refractivity contribution in [3.8, 4) is 0 Å². The van der Waals surface area contributed by atoms with Crippen LogP contribution in [0.1, 0.15) is 33.6 Å². The van der Waals surface area contributed by atoms with E-state index in [9.17, 15) is 14.4 Å². The summed E-state index contributed by atoms with van der Waals surface area (Å²) in [5.41, 5.74) is 4.59. The number of hydrogen-bond donors (Lipinski definition) is 2. The van der Waals surface area contributed by atoms with E-state index < -0.39 is 29.9 Å². The van der Waals surface area contributed by atoms with Gasteiger partial charge in [-0.15, -0.1) is 0 Å². The molecular formula is C12H22N2O5. The minimum Gasteiger partial charge on any atom is -0.460 e. The number of nitrogens with two attached hydrogens (primary N) is 1. The van der Waals surface area contributed by atoms with Gasteiger partial charge in [0.05, 0.1) is 6.54 Å². The number of rotatable bonds is 7. The lowest BCUT2D eigenvalue weighted by Gasteiger charge is -2.18. The highest BCUT2D eigenvalue weighted by Gasteiger charge is 2.21. The predicted octanol–water partition coefficient (Wildman–Crippen LogP) is -0.274. The standard InChI is InChI=1S/C12H22N2O5/c1-12(2,3)19-10(16)7-9(15)18-11(17)8-14-6-4-5-13/h14H,4-8,13H2,1-3H3. The molecule has 7 nitrogen and oxygen atoms in total. The fraction of sp³-hybridized carbons (Fsp3) is 0.750. The Labute approximate surface area is 112 Å². The smallest absolute Gasteiger partial charge is 0.327 e. The van der Waals surface area contributed by atoms with Gasteiger partial charge in [-0.3, -0.25) is 14.4 Å². The van der Waals surface area contributed by atoms with E-state index in [1.807, 2.05) is 0 Å². The van der Waals surface area contributed by atoms with E-state index in [-0.39, 0.29) is 6.54 Å². The molecule has 0 bridgehead atoms. The SMILES string of the molecule is CC(C)(C)OC(=O)CC(=O)OC(=O)CNCCCN. The molecule has 0 atom stereocenters. The van der Waals surface area contributed by atoms with Crippen molar-refractivity contribution in [3.05, 3.63) is 0 Å². The molecule has 0 fully saturated rings. The van der Waals surface area contributed by atoms with Gasteiger partial charge in [0, 0.05) is 0 Å². The largest absolute Gasteiger partial charge is 0.460 e. The summed E-state index contributed by atoms with van der Waals surface area (Å²) in [5, 5.41) is 2.76. The summed E-state index contributed by atoms with van der Waals surface area (Å²) in [6, 6.07) is 0. The summed E-state index contributed by atoms with van der Waals surface area (Å²) >= 11 is 0. The average Bonchev–Trinajstić information content (AvgIpc) is 2.21. The zero-order valence-corrected chi connectivity index (χ0v) is 11.7. The van der Waals surface area contributed by atoms with E-state index in [0.717, 1.165) is 6.42 Å². The number of esters is 3. The zero-order valence-electron chi connectivity index (χ0n) is 11.7. The molecule has 0 aliphatic heterocycles. The Hall–Kier alpha value is -1.47. The van der Waals surface area contributed by atoms with E-state index in [1.165, 1.54) is 0 Å². The molecule has 0 aliphatic rings. The lowest BCUT2D eigenvalue weighted by molar-refractivity contribution is -0.165. The minimum atomic E-state index is -0.917. The second kappa shape index (κ2) is 8.60. The summed E-state index contributed by atoms with van der Waals surface area (Å²) < 4.78 is 9.37. The van der Waals surface area contributed by atoms with Crippen LogP contribution in [-0.2, 0) is 23.9 Å². The summed E-state index contributed by atoms with van der Waals surface area (Å²) in [6.45, 7) is 6.03. The molecule has 7 heteroatoms. The summed E-state index contributed by atoms with van der Waals surface area (Å²) in [6.07, 6.45) is 0.144. The maximum absolute atomic E-state index is 11.3. The van der Waals surface area contributed by atoms with E-state index in [2.05, 4.69) is 10.1 Å². The van der Waals surface area contributed by atoms with Crippen molar-refractivity contribution in [2.24, 2.45) is 5.73 Å². The van der Waals surface area contributed by atoms with E-state index in [0.29, 0.717) is 13.1 Å². The molecule has 0 heterocycles. The zero-order chi connectivity index (χ0) is 14.9. The van der Waals surface area contributed by atoms with Crippen LogP contribution in [0.3, 0.4) is 0 Å². The van der Waals surface area contributed by atoms with E-state index in [1.54, 1.807) is 20.8 Å². The maximum atomic E-state index is 11.3. The third kappa shape index (κ3) is 11.4. The highest BCUT2D eigenvalue weighted by Crippen LogP contribution is 2.08. The second-order valence-corrected chi connectivity index (χ2v) is 4.93. The van der Waals surface area contributed by atoms with E-state index in [4.69, 9.17) is 10.5 Å². The number of ether oxygens (including phenoxy) is 2. The Balaban J connectivity index is 3.85. The van der Waals surface area contributed by atoms with Gasteiger partial charge >= 0.3 is 17.9 Å². The molecule has 0 amide bonds. The lowest BCUT2D eigenvalue weighted by atomic mass is 10.2. The van der Waals surface area contributed by atoms with Gasteiger partial charge in [0.1, 0.15) is 12.0 Å². The molecule has 0 saturated heterocycles. The molecule has 0 aromatic heterocycles. The fourth-order valence-corrected chi connectivity index (χ4v) is 1.11. The third-order valence-corrected chi connectivity index (χ3v) is 1.76. The van der Waals surface area contributed by atoms with Crippen LogP contribution >= 0.6 is 0 Å². The van der Waals surface area contributed by atoms with Crippen molar-refractivity contribution in [3.63, 3.8) is 0 Å². The van der Waals surface area contributed by atoms with Gasteiger partial charge in [0.2, 0.25) is 0 Å². The fourth-order valence-electron chi connectivity index (χ4n) is 1.11. The topological polar surface area (TPSA) is 108 Å². The Morgan fingerprint density at radius 1 is 1.11 bits per heavy atom. The Morgan fingerprint density at radius 3 is 2.26 bits per heavy atom. The van der Waals surface area contributed by atoms with Crippen molar-refractivity contribution < 1.29 is 23.9 Å². The first-order valence-corrected chi connectivity index (χ1v) is 6.10. The highest BCUT2D eigenvalue weighted by molar-refractivity contribution is 5.96. The Morgan fingerprint density at radius 2 is 1.74 bits per heavy atom. The third-order valence-electron chi connectivity index (χ3n) is 1.76. The summed E-state index contributed by atoms with van der Waals surface area (Å²) in [4.78, 5) is 33.7. The quantitative estimate of drug-likeness (QED) is 0.373. The molecule has 0 radical (unpaired) electrons. The van der Waals surface area contributed by atoms with Crippen LogP contribution in [-0.4, -0.2) is 43.1 Å². The second-order valence-electron chi connectivity index (χ2n) is 4.93. The van der Waals surface area contributed by atoms with Crippen molar-refractivity contribution >= 4 is 17.9 Å². The molecule has 0 aliphatic carbocycles. The number of nitrogens with one attached hydrogen (secondary N) is 1. The van der Waals surface area contributed by atoms with Crippen molar-refractivity contribution in [2.45, 2.75) is 39.2 Å². The van der Waals surface area contributed by atoms with Crippen LogP contribution in [0.15, 0.2) is 0 Å². The molecule has 0 spiro atoms. The van der Waals surface area contributed by atoms with Gasteiger partial charge in [-0.1, -0.05) is 0 Å². The normalized spacial score (nSPS) is 10.9. The molecule has 0 aromatic carbocycles. The van der Waals surface area contributed by atoms with Crippen molar-refractivity contribution in [1.82, 2.24) is 5.32 Å². The molecule has 19 heavy (non-hydrogen) atoms. The molecule has 0 rings (SSSR count). The van der Waals surface area contributed by atoms with Gasteiger partial charge in [0.25, 0.3) is 0 Å². The Kier molecular flexibility index (Phi) is 7.94. The van der Waals surface area contributed by atoms with Gasteiger partial charge in [-0.25, -0.2) is 0 Å². The molecule has 110 valence electrons. The number of hydrogen-bond acceptors (Lipinski definition) is 7.